The average molecular weight is 316 g/mol. The minimum atomic E-state index is -2.98. The van der Waals surface area contributed by atoms with E-state index >= 15 is 0 Å². The van der Waals surface area contributed by atoms with E-state index in [0.717, 1.165) is 24.1 Å². The van der Waals surface area contributed by atoms with E-state index in [-0.39, 0.29) is 17.7 Å². The number of aryl methyl sites for hydroxylation is 1. The van der Waals surface area contributed by atoms with Crippen molar-refractivity contribution >= 4 is 27.3 Å². The summed E-state index contributed by atoms with van der Waals surface area (Å²) in [5.41, 5.74) is 0.485. The second kappa shape index (κ2) is 6.22. The maximum Gasteiger partial charge on any atom is 0.273 e. The Bertz CT molecular complexity index is 580. The fourth-order valence-corrected chi connectivity index (χ4v) is 3.77. The third kappa shape index (κ3) is 4.02. The normalized spacial score (nSPS) is 20.1. The standard InChI is InChI=1S/C13H20N2O3S2/c1-10-9-12(14-19-10)13(16)15-7-4-3-5-11(15)6-8-20(2,17)18/h9,11H,3-8H2,1-2H3. The van der Waals surface area contributed by atoms with Crippen molar-refractivity contribution in [3.8, 4) is 0 Å². The van der Waals surface area contributed by atoms with Crippen LogP contribution in [-0.2, 0) is 9.84 Å². The summed E-state index contributed by atoms with van der Waals surface area (Å²) >= 11 is 1.32. The van der Waals surface area contributed by atoms with Gasteiger partial charge in [0.2, 0.25) is 0 Å². The van der Waals surface area contributed by atoms with Gasteiger partial charge in [-0.05, 0) is 50.2 Å². The molecule has 1 unspecified atom stereocenters. The monoisotopic (exact) mass is 316 g/mol. The number of aromatic nitrogens is 1. The number of sulfone groups is 1. The predicted molar refractivity (Wildman–Crippen MR) is 79.9 cm³/mol. The number of amides is 1. The highest BCUT2D eigenvalue weighted by Gasteiger charge is 2.29. The summed E-state index contributed by atoms with van der Waals surface area (Å²) in [6.07, 6.45) is 4.67. The fraction of sp³-hybridized carbons (Fsp3) is 0.692. The maximum atomic E-state index is 12.5. The quantitative estimate of drug-likeness (QED) is 0.850. The van der Waals surface area contributed by atoms with Crippen molar-refractivity contribution in [2.45, 2.75) is 38.6 Å². The Morgan fingerprint density at radius 1 is 1.50 bits per heavy atom. The van der Waals surface area contributed by atoms with Gasteiger partial charge in [0, 0.05) is 23.7 Å². The molecule has 0 radical (unpaired) electrons. The Morgan fingerprint density at radius 2 is 2.25 bits per heavy atom. The first-order valence-corrected chi connectivity index (χ1v) is 9.62. The third-order valence-corrected chi connectivity index (χ3v) is 5.23. The van der Waals surface area contributed by atoms with Crippen LogP contribution < -0.4 is 0 Å². The van der Waals surface area contributed by atoms with Crippen LogP contribution in [0.2, 0.25) is 0 Å². The second-order valence-corrected chi connectivity index (χ2v) is 8.66. The molecule has 0 saturated carbocycles. The molecule has 1 aromatic heterocycles. The summed E-state index contributed by atoms with van der Waals surface area (Å²) in [4.78, 5) is 15.3. The van der Waals surface area contributed by atoms with Crippen molar-refractivity contribution in [2.75, 3.05) is 18.6 Å². The summed E-state index contributed by atoms with van der Waals surface area (Å²) in [6.45, 7) is 2.62. The van der Waals surface area contributed by atoms with Crippen LogP contribution >= 0.6 is 11.5 Å². The lowest BCUT2D eigenvalue weighted by Crippen LogP contribution is -2.44. The van der Waals surface area contributed by atoms with Gasteiger partial charge in [-0.3, -0.25) is 4.79 Å². The van der Waals surface area contributed by atoms with Gasteiger partial charge < -0.3 is 4.90 Å². The van der Waals surface area contributed by atoms with Gasteiger partial charge in [-0.25, -0.2) is 8.42 Å². The molecular weight excluding hydrogens is 296 g/mol. The molecule has 7 heteroatoms. The molecule has 5 nitrogen and oxygen atoms in total. The molecule has 0 N–H and O–H groups in total. The molecule has 112 valence electrons. The second-order valence-electron chi connectivity index (χ2n) is 5.39. The Balaban J connectivity index is 2.08. The summed E-state index contributed by atoms with van der Waals surface area (Å²) < 4.78 is 26.8. The lowest BCUT2D eigenvalue weighted by Gasteiger charge is -2.35. The number of hydrogen-bond donors (Lipinski definition) is 0. The largest absolute Gasteiger partial charge is 0.334 e. The zero-order valence-corrected chi connectivity index (χ0v) is 13.5. The Morgan fingerprint density at radius 3 is 2.85 bits per heavy atom. The van der Waals surface area contributed by atoms with Gasteiger partial charge in [0.1, 0.15) is 15.5 Å². The van der Waals surface area contributed by atoms with Crippen LogP contribution in [-0.4, -0.2) is 48.2 Å². The van der Waals surface area contributed by atoms with E-state index in [1.54, 1.807) is 6.07 Å². The van der Waals surface area contributed by atoms with Crippen molar-refractivity contribution in [1.82, 2.24) is 9.27 Å². The van der Waals surface area contributed by atoms with Crippen LogP contribution in [0.1, 0.15) is 41.0 Å². The first-order chi connectivity index (χ1) is 9.37. The van der Waals surface area contributed by atoms with Crippen molar-refractivity contribution < 1.29 is 13.2 Å². The van der Waals surface area contributed by atoms with Crippen molar-refractivity contribution in [1.29, 1.82) is 0 Å². The van der Waals surface area contributed by atoms with E-state index in [9.17, 15) is 13.2 Å². The number of carbonyl (C=O) groups is 1. The molecule has 0 aromatic carbocycles. The molecule has 1 atom stereocenters. The lowest BCUT2D eigenvalue weighted by molar-refractivity contribution is 0.0604. The van der Waals surface area contributed by atoms with Crippen LogP contribution in [0.15, 0.2) is 6.07 Å². The van der Waals surface area contributed by atoms with Crippen LogP contribution in [0.4, 0.5) is 0 Å². The molecule has 0 aliphatic carbocycles. The van der Waals surface area contributed by atoms with E-state index < -0.39 is 9.84 Å². The van der Waals surface area contributed by atoms with Crippen molar-refractivity contribution in [3.63, 3.8) is 0 Å². The van der Waals surface area contributed by atoms with E-state index in [2.05, 4.69) is 4.37 Å². The van der Waals surface area contributed by atoms with E-state index in [0.29, 0.717) is 18.7 Å². The van der Waals surface area contributed by atoms with E-state index in [1.165, 1.54) is 17.8 Å². The van der Waals surface area contributed by atoms with Crippen molar-refractivity contribution in [3.05, 3.63) is 16.6 Å². The number of carbonyl (C=O) groups excluding carboxylic acids is 1. The molecule has 20 heavy (non-hydrogen) atoms. The third-order valence-electron chi connectivity index (χ3n) is 3.56. The molecule has 1 aliphatic heterocycles. The Labute approximate surface area is 124 Å². The van der Waals surface area contributed by atoms with E-state index in [4.69, 9.17) is 0 Å². The summed E-state index contributed by atoms with van der Waals surface area (Å²) in [6, 6.07) is 1.82. The van der Waals surface area contributed by atoms with Gasteiger partial charge in [0.25, 0.3) is 5.91 Å². The number of rotatable bonds is 4. The fourth-order valence-electron chi connectivity index (χ4n) is 2.53. The molecule has 0 bridgehead atoms. The number of hydrogen-bond acceptors (Lipinski definition) is 5. The first-order valence-electron chi connectivity index (χ1n) is 6.79. The summed E-state index contributed by atoms with van der Waals surface area (Å²) in [5, 5.41) is 0. The topological polar surface area (TPSA) is 67.3 Å². The van der Waals surface area contributed by atoms with Crippen LogP contribution in [0.25, 0.3) is 0 Å². The smallest absolute Gasteiger partial charge is 0.273 e. The molecule has 0 spiro atoms. The first kappa shape index (κ1) is 15.4. The summed E-state index contributed by atoms with van der Waals surface area (Å²) in [5.74, 6) is 0.0740. The molecule has 1 aliphatic rings. The molecular formula is C13H20N2O3S2. The highest BCUT2D eigenvalue weighted by Crippen LogP contribution is 2.23. The minimum absolute atomic E-state index is 0.0213. The molecule has 1 aromatic rings. The molecule has 1 fully saturated rings. The van der Waals surface area contributed by atoms with Gasteiger partial charge in [-0.1, -0.05) is 0 Å². The predicted octanol–water partition coefficient (Wildman–Crippen LogP) is 1.88. The van der Waals surface area contributed by atoms with Gasteiger partial charge in [0.15, 0.2) is 0 Å². The zero-order chi connectivity index (χ0) is 14.8. The van der Waals surface area contributed by atoms with Gasteiger partial charge in [-0.2, -0.15) is 4.37 Å². The highest BCUT2D eigenvalue weighted by molar-refractivity contribution is 7.90. The molecule has 1 amide bonds. The van der Waals surface area contributed by atoms with Gasteiger partial charge in [-0.15, -0.1) is 0 Å². The SMILES string of the molecule is Cc1cc(C(=O)N2CCCCC2CCS(C)(=O)=O)ns1. The highest BCUT2D eigenvalue weighted by atomic mass is 32.2. The Kier molecular flexibility index (Phi) is 4.80. The average Bonchev–Trinajstić information content (AvgIpc) is 2.82. The van der Waals surface area contributed by atoms with Gasteiger partial charge in [0.05, 0.1) is 5.75 Å². The minimum Gasteiger partial charge on any atom is -0.334 e. The van der Waals surface area contributed by atoms with Crippen LogP contribution in [0, 0.1) is 6.92 Å². The maximum absolute atomic E-state index is 12.5. The number of likely N-dealkylation sites (tertiary alicyclic amines) is 1. The number of nitrogens with zero attached hydrogens (tertiary/aromatic N) is 2. The number of piperidine rings is 1. The van der Waals surface area contributed by atoms with E-state index in [1.807, 2.05) is 11.8 Å². The Hall–Kier alpha value is -0.950. The van der Waals surface area contributed by atoms with Gasteiger partial charge >= 0.3 is 0 Å². The lowest BCUT2D eigenvalue weighted by atomic mass is 9.99. The summed E-state index contributed by atoms with van der Waals surface area (Å²) in [7, 11) is -2.98. The van der Waals surface area contributed by atoms with Crippen LogP contribution in [0.5, 0.6) is 0 Å². The molecule has 2 heterocycles. The molecule has 1 saturated heterocycles. The van der Waals surface area contributed by atoms with Crippen molar-refractivity contribution in [2.24, 2.45) is 0 Å². The molecule has 2 rings (SSSR count). The van der Waals surface area contributed by atoms with Crippen LogP contribution in [0.3, 0.4) is 0 Å². The zero-order valence-electron chi connectivity index (χ0n) is 11.8.